The van der Waals surface area contributed by atoms with Crippen molar-refractivity contribution in [2.24, 2.45) is 5.92 Å². The smallest absolute Gasteiger partial charge is 0.153 e. The first-order valence-corrected chi connectivity index (χ1v) is 7.88. The summed E-state index contributed by atoms with van der Waals surface area (Å²) < 4.78 is 11.2. The van der Waals surface area contributed by atoms with Crippen molar-refractivity contribution < 1.29 is 19.2 Å². The lowest BCUT2D eigenvalue weighted by atomic mass is 10.0. The zero-order chi connectivity index (χ0) is 14.9. The molecule has 1 aliphatic heterocycles. The monoisotopic (exact) mass is 292 g/mol. The Hall–Kier alpha value is -1.39. The second-order valence-corrected chi connectivity index (χ2v) is 5.82. The fourth-order valence-corrected chi connectivity index (χ4v) is 2.86. The first kappa shape index (κ1) is 16.0. The van der Waals surface area contributed by atoms with Crippen LogP contribution in [-0.4, -0.2) is 45.7 Å². The van der Waals surface area contributed by atoms with Gasteiger partial charge in [-0.05, 0) is 25.0 Å². The van der Waals surface area contributed by atoms with Crippen molar-refractivity contribution in [1.82, 2.24) is 0 Å². The van der Waals surface area contributed by atoms with Crippen LogP contribution >= 0.6 is 0 Å². The average molecular weight is 292 g/mol. The van der Waals surface area contributed by atoms with Crippen molar-refractivity contribution in [3.63, 3.8) is 0 Å². The highest BCUT2D eigenvalue weighted by Crippen LogP contribution is 2.15. The number of carbonyl (C=O) groups excluding carboxylic acids is 1. The molecule has 0 amide bonds. The molecule has 4 heteroatoms. The fourth-order valence-electron chi connectivity index (χ4n) is 2.86. The molecule has 0 aliphatic carbocycles. The largest absolute Gasteiger partial charge is 0.490 e. The van der Waals surface area contributed by atoms with Gasteiger partial charge in [0.25, 0.3) is 0 Å². The number of hydrogen-bond donors (Lipinski definition) is 1. The molecule has 0 spiro atoms. The van der Waals surface area contributed by atoms with E-state index in [2.05, 4.69) is 6.92 Å². The van der Waals surface area contributed by atoms with Crippen LogP contribution in [0.3, 0.4) is 0 Å². The second kappa shape index (κ2) is 8.80. The van der Waals surface area contributed by atoms with Crippen molar-refractivity contribution in [2.45, 2.75) is 19.8 Å². The molecular weight excluding hydrogens is 266 g/mol. The Balaban J connectivity index is 1.57. The van der Waals surface area contributed by atoms with Gasteiger partial charge in [0.2, 0.25) is 0 Å². The molecule has 1 aromatic carbocycles. The van der Waals surface area contributed by atoms with Gasteiger partial charge >= 0.3 is 0 Å². The molecule has 2 atom stereocenters. The molecule has 0 bridgehead atoms. The van der Waals surface area contributed by atoms with Crippen molar-refractivity contribution >= 4 is 6.29 Å². The Morgan fingerprint density at radius 1 is 1.29 bits per heavy atom. The molecule has 1 unspecified atom stereocenters. The van der Waals surface area contributed by atoms with E-state index in [-0.39, 0.29) is 0 Å². The van der Waals surface area contributed by atoms with Crippen LogP contribution in [0.1, 0.15) is 30.1 Å². The molecule has 2 rings (SSSR count). The van der Waals surface area contributed by atoms with Crippen molar-refractivity contribution in [3.8, 4) is 5.75 Å². The summed E-state index contributed by atoms with van der Waals surface area (Å²) >= 11 is 0. The zero-order valence-electron chi connectivity index (χ0n) is 12.8. The van der Waals surface area contributed by atoms with E-state index in [1.807, 2.05) is 18.2 Å². The minimum Gasteiger partial charge on any atom is -0.490 e. The highest BCUT2D eigenvalue weighted by atomic mass is 16.5. The van der Waals surface area contributed by atoms with Crippen LogP contribution in [0.2, 0.25) is 0 Å². The molecule has 4 nitrogen and oxygen atoms in total. The molecule has 1 fully saturated rings. The van der Waals surface area contributed by atoms with Crippen molar-refractivity contribution in [1.29, 1.82) is 0 Å². The van der Waals surface area contributed by atoms with Crippen LogP contribution in [0.5, 0.6) is 5.75 Å². The van der Waals surface area contributed by atoms with Crippen LogP contribution in [0.25, 0.3) is 0 Å². The van der Waals surface area contributed by atoms with Gasteiger partial charge in [-0.1, -0.05) is 19.1 Å². The van der Waals surface area contributed by atoms with Gasteiger partial charge in [-0.2, -0.15) is 0 Å². The summed E-state index contributed by atoms with van der Waals surface area (Å²) in [7, 11) is 0. The van der Waals surface area contributed by atoms with Gasteiger partial charge in [-0.3, -0.25) is 4.79 Å². The molecule has 0 radical (unpaired) electrons. The number of rotatable bonds is 8. The number of piperidine rings is 1. The minimum atomic E-state index is 0.483. The third-order valence-electron chi connectivity index (χ3n) is 4.00. The summed E-state index contributed by atoms with van der Waals surface area (Å²) in [6, 6.07) is 7.26. The number of carbonyl (C=O) groups is 1. The zero-order valence-corrected chi connectivity index (χ0v) is 12.8. The molecule has 1 aliphatic rings. The van der Waals surface area contributed by atoms with Crippen molar-refractivity contribution in [2.75, 3.05) is 39.5 Å². The molecule has 0 saturated carbocycles. The van der Waals surface area contributed by atoms with Gasteiger partial charge in [0.05, 0.1) is 31.9 Å². The van der Waals surface area contributed by atoms with E-state index < -0.39 is 0 Å². The number of para-hydroxylation sites is 1. The number of benzene rings is 1. The molecule has 1 aromatic rings. The van der Waals surface area contributed by atoms with Gasteiger partial charge in [0, 0.05) is 5.92 Å². The molecule has 1 heterocycles. The van der Waals surface area contributed by atoms with Crippen LogP contribution in [0.4, 0.5) is 0 Å². The summed E-state index contributed by atoms with van der Waals surface area (Å²) in [4.78, 5) is 12.5. The van der Waals surface area contributed by atoms with E-state index in [0.717, 1.165) is 25.4 Å². The maximum absolute atomic E-state index is 10.9. The third-order valence-corrected chi connectivity index (χ3v) is 4.00. The van der Waals surface area contributed by atoms with Crippen LogP contribution in [0, 0.1) is 5.92 Å². The van der Waals surface area contributed by atoms with Gasteiger partial charge in [0.15, 0.2) is 6.29 Å². The van der Waals surface area contributed by atoms with Gasteiger partial charge in [-0.25, -0.2) is 0 Å². The molecule has 21 heavy (non-hydrogen) atoms. The average Bonchev–Trinajstić information content (AvgIpc) is 2.51. The lowest BCUT2D eigenvalue weighted by Crippen LogP contribution is -3.14. The Labute approximate surface area is 127 Å². The van der Waals surface area contributed by atoms with E-state index in [4.69, 9.17) is 9.47 Å². The van der Waals surface area contributed by atoms with E-state index in [0.29, 0.717) is 24.5 Å². The molecule has 0 aromatic heterocycles. The predicted octanol–water partition coefficient (Wildman–Crippen LogP) is 1.21. The summed E-state index contributed by atoms with van der Waals surface area (Å²) in [6.45, 7) is 7.78. The van der Waals surface area contributed by atoms with Crippen molar-refractivity contribution in [3.05, 3.63) is 29.8 Å². The summed E-state index contributed by atoms with van der Waals surface area (Å²) in [5.74, 6) is 1.48. The quantitative estimate of drug-likeness (QED) is 0.578. The van der Waals surface area contributed by atoms with E-state index in [1.54, 1.807) is 11.0 Å². The van der Waals surface area contributed by atoms with E-state index >= 15 is 0 Å². The van der Waals surface area contributed by atoms with E-state index in [9.17, 15) is 4.79 Å². The molecular formula is C17H26NO3+. The number of hydrogen-bond acceptors (Lipinski definition) is 3. The standard InChI is InChI=1S/C17H25NO3/c1-15-5-4-8-18(13-15)9-10-20-11-12-21-17-7-3-2-6-16(17)14-19/h2-3,6-7,14-15H,4-5,8-13H2,1H3/p+1/t15-/m0/s1. The van der Waals surface area contributed by atoms with Gasteiger partial charge < -0.3 is 14.4 Å². The number of ether oxygens (including phenoxy) is 2. The SMILES string of the molecule is C[C@H]1CCC[NH+](CCOCCOc2ccccc2C=O)C1. The Bertz CT molecular complexity index is 436. The van der Waals surface area contributed by atoms with Gasteiger partial charge in [0.1, 0.15) is 18.9 Å². The molecule has 1 N–H and O–H groups in total. The summed E-state index contributed by atoms with van der Waals surface area (Å²) in [6.07, 6.45) is 3.52. The second-order valence-electron chi connectivity index (χ2n) is 5.82. The normalized spacial score (nSPS) is 22.0. The lowest BCUT2D eigenvalue weighted by Gasteiger charge is -2.27. The Morgan fingerprint density at radius 2 is 2.14 bits per heavy atom. The first-order chi connectivity index (χ1) is 10.3. The first-order valence-electron chi connectivity index (χ1n) is 7.88. The number of aldehydes is 1. The number of nitrogens with one attached hydrogen (secondary N) is 1. The topological polar surface area (TPSA) is 40.0 Å². The van der Waals surface area contributed by atoms with Crippen LogP contribution < -0.4 is 9.64 Å². The van der Waals surface area contributed by atoms with Crippen LogP contribution in [-0.2, 0) is 4.74 Å². The summed E-state index contributed by atoms with van der Waals surface area (Å²) in [5.41, 5.74) is 0.587. The lowest BCUT2D eigenvalue weighted by molar-refractivity contribution is -0.908. The number of quaternary nitrogens is 1. The number of likely N-dealkylation sites (tertiary alicyclic amines) is 1. The molecule has 1 saturated heterocycles. The highest BCUT2D eigenvalue weighted by Gasteiger charge is 2.18. The summed E-state index contributed by atoms with van der Waals surface area (Å²) in [5, 5.41) is 0. The highest BCUT2D eigenvalue weighted by molar-refractivity contribution is 5.79. The predicted molar refractivity (Wildman–Crippen MR) is 82.1 cm³/mol. The van der Waals surface area contributed by atoms with Gasteiger partial charge in [-0.15, -0.1) is 0 Å². The maximum Gasteiger partial charge on any atom is 0.153 e. The minimum absolute atomic E-state index is 0.483. The Kier molecular flexibility index (Phi) is 6.70. The van der Waals surface area contributed by atoms with E-state index in [1.165, 1.54) is 25.9 Å². The fraction of sp³-hybridized carbons (Fsp3) is 0.588. The van der Waals surface area contributed by atoms with Crippen LogP contribution in [0.15, 0.2) is 24.3 Å². The molecule has 116 valence electrons. The maximum atomic E-state index is 10.9. The third kappa shape index (κ3) is 5.48. The Morgan fingerprint density at radius 3 is 2.95 bits per heavy atom.